The van der Waals surface area contributed by atoms with E-state index in [1.54, 1.807) is 19.1 Å². The smallest absolute Gasteiger partial charge is 0.227 e. The lowest BCUT2D eigenvalue weighted by atomic mass is 9.86. The van der Waals surface area contributed by atoms with Gasteiger partial charge in [0.1, 0.15) is 5.75 Å². The summed E-state index contributed by atoms with van der Waals surface area (Å²) in [6.45, 7) is 6.01. The highest BCUT2D eigenvalue weighted by Crippen LogP contribution is 2.30. The van der Waals surface area contributed by atoms with Gasteiger partial charge in [-0.1, -0.05) is 26.8 Å². The van der Waals surface area contributed by atoms with E-state index < -0.39 is 0 Å². The van der Waals surface area contributed by atoms with E-state index in [4.69, 9.17) is 4.74 Å². The average Bonchev–Trinajstić information content (AvgIpc) is 2.89. The van der Waals surface area contributed by atoms with Crippen molar-refractivity contribution in [3.63, 3.8) is 0 Å². The summed E-state index contributed by atoms with van der Waals surface area (Å²) >= 11 is 0. The van der Waals surface area contributed by atoms with Crippen LogP contribution in [0.15, 0.2) is 24.4 Å². The van der Waals surface area contributed by atoms with Crippen molar-refractivity contribution in [3.05, 3.63) is 30.0 Å². The summed E-state index contributed by atoms with van der Waals surface area (Å²) in [5, 5.41) is 10.6. The fourth-order valence-corrected chi connectivity index (χ4v) is 2.97. The molecule has 1 heterocycles. The number of methoxy groups -OCH3 is 1. The lowest BCUT2D eigenvalue weighted by Gasteiger charge is -2.36. The third-order valence-electron chi connectivity index (χ3n) is 4.34. The zero-order valence-electron chi connectivity index (χ0n) is 14.5. The number of rotatable bonds is 5. The van der Waals surface area contributed by atoms with Gasteiger partial charge in [-0.25, -0.2) is 0 Å². The highest BCUT2D eigenvalue weighted by atomic mass is 16.5. The van der Waals surface area contributed by atoms with Gasteiger partial charge in [-0.3, -0.25) is 4.79 Å². The van der Waals surface area contributed by atoms with Crippen molar-refractivity contribution in [1.82, 2.24) is 9.88 Å². The molecule has 0 aliphatic rings. The minimum Gasteiger partial charge on any atom is -0.496 e. The van der Waals surface area contributed by atoms with E-state index >= 15 is 0 Å². The van der Waals surface area contributed by atoms with E-state index in [0.717, 1.165) is 22.2 Å². The molecule has 126 valence electrons. The summed E-state index contributed by atoms with van der Waals surface area (Å²) in [5.74, 6) is 0.731. The Bertz CT molecular complexity index is 685. The second-order valence-electron chi connectivity index (χ2n) is 6.94. The van der Waals surface area contributed by atoms with Gasteiger partial charge < -0.3 is 19.7 Å². The third kappa shape index (κ3) is 3.50. The molecule has 0 aliphatic heterocycles. The molecule has 0 radical (unpaired) electrons. The number of H-pyrrole nitrogens is 1. The Labute approximate surface area is 137 Å². The molecule has 1 aromatic carbocycles. The molecule has 5 nitrogen and oxygen atoms in total. The zero-order valence-corrected chi connectivity index (χ0v) is 14.5. The summed E-state index contributed by atoms with van der Waals surface area (Å²) in [7, 11) is 3.38. The fraction of sp³-hybridized carbons (Fsp3) is 0.500. The molecule has 0 saturated carbocycles. The second kappa shape index (κ2) is 6.62. The van der Waals surface area contributed by atoms with Gasteiger partial charge >= 0.3 is 0 Å². The largest absolute Gasteiger partial charge is 0.496 e. The lowest BCUT2D eigenvalue weighted by molar-refractivity contribution is -0.134. The molecule has 0 bridgehead atoms. The van der Waals surface area contributed by atoms with Crippen molar-refractivity contribution in [2.45, 2.75) is 33.2 Å². The van der Waals surface area contributed by atoms with Crippen molar-refractivity contribution in [3.8, 4) is 5.75 Å². The zero-order chi connectivity index (χ0) is 17.2. The number of carbonyl (C=O) groups is 1. The Balaban J connectivity index is 2.27. The third-order valence-corrected chi connectivity index (χ3v) is 4.34. The number of carbonyl (C=O) groups excluding carboxylic acids is 1. The Morgan fingerprint density at radius 3 is 2.65 bits per heavy atom. The van der Waals surface area contributed by atoms with E-state index in [0.29, 0.717) is 0 Å². The molecule has 0 aliphatic carbocycles. The van der Waals surface area contributed by atoms with Crippen LogP contribution >= 0.6 is 0 Å². The maximum atomic E-state index is 12.7. The number of aliphatic hydroxyl groups excluding tert-OH is 1. The van der Waals surface area contributed by atoms with Crippen LogP contribution in [0, 0.1) is 5.41 Å². The molecule has 5 heteroatoms. The number of likely N-dealkylation sites (N-methyl/N-ethyl adjacent to an activating group) is 1. The van der Waals surface area contributed by atoms with E-state index in [9.17, 15) is 9.90 Å². The quantitative estimate of drug-likeness (QED) is 0.890. The number of benzene rings is 1. The van der Waals surface area contributed by atoms with Crippen LogP contribution in [-0.2, 0) is 11.2 Å². The van der Waals surface area contributed by atoms with Gasteiger partial charge in [-0.15, -0.1) is 0 Å². The van der Waals surface area contributed by atoms with Crippen molar-refractivity contribution in [2.75, 3.05) is 20.8 Å². The summed E-state index contributed by atoms with van der Waals surface area (Å²) in [6.07, 6.45) is 2.12. The van der Waals surface area contributed by atoms with E-state index in [2.05, 4.69) is 4.98 Å². The summed E-state index contributed by atoms with van der Waals surface area (Å²) in [5.41, 5.74) is 1.67. The van der Waals surface area contributed by atoms with Crippen LogP contribution in [0.5, 0.6) is 5.75 Å². The molecule has 2 N–H and O–H groups in total. The molecule has 2 aromatic rings. The molecule has 0 saturated heterocycles. The topological polar surface area (TPSA) is 65.6 Å². The molecule has 0 fully saturated rings. The number of nitrogens with one attached hydrogen (secondary N) is 1. The van der Waals surface area contributed by atoms with Gasteiger partial charge in [-0.05, 0) is 23.1 Å². The number of hydrogen-bond acceptors (Lipinski definition) is 3. The van der Waals surface area contributed by atoms with Gasteiger partial charge in [0.15, 0.2) is 0 Å². The van der Waals surface area contributed by atoms with E-state index in [1.807, 2.05) is 45.2 Å². The van der Waals surface area contributed by atoms with Crippen LogP contribution in [0.4, 0.5) is 0 Å². The second-order valence-corrected chi connectivity index (χ2v) is 6.94. The van der Waals surface area contributed by atoms with Gasteiger partial charge in [0, 0.05) is 24.1 Å². The molecular formula is C18H26N2O3. The number of fused-ring (bicyclic) bond motifs is 1. The van der Waals surface area contributed by atoms with Crippen molar-refractivity contribution < 1.29 is 14.6 Å². The fourth-order valence-electron chi connectivity index (χ4n) is 2.97. The van der Waals surface area contributed by atoms with Crippen LogP contribution in [0.2, 0.25) is 0 Å². The maximum absolute atomic E-state index is 12.7. The van der Waals surface area contributed by atoms with Crippen molar-refractivity contribution in [1.29, 1.82) is 0 Å². The first-order valence-corrected chi connectivity index (χ1v) is 7.79. The van der Waals surface area contributed by atoms with Crippen LogP contribution in [-0.4, -0.2) is 47.7 Å². The molecule has 0 unspecified atom stereocenters. The Morgan fingerprint density at radius 1 is 1.39 bits per heavy atom. The highest BCUT2D eigenvalue weighted by Gasteiger charge is 2.30. The Hall–Kier alpha value is -2.01. The van der Waals surface area contributed by atoms with Gasteiger partial charge in [0.25, 0.3) is 0 Å². The van der Waals surface area contributed by atoms with Crippen LogP contribution < -0.4 is 4.74 Å². The van der Waals surface area contributed by atoms with Gasteiger partial charge in [0.2, 0.25) is 5.91 Å². The monoisotopic (exact) mass is 318 g/mol. The molecule has 2 rings (SSSR count). The average molecular weight is 318 g/mol. The number of aromatic amines is 1. The minimum atomic E-state index is -0.220. The van der Waals surface area contributed by atoms with Crippen LogP contribution in [0.1, 0.15) is 26.3 Å². The molecule has 1 atom stereocenters. The van der Waals surface area contributed by atoms with Crippen molar-refractivity contribution >= 4 is 16.8 Å². The molecular weight excluding hydrogens is 292 g/mol. The summed E-state index contributed by atoms with van der Waals surface area (Å²) < 4.78 is 5.41. The number of aromatic nitrogens is 1. The summed E-state index contributed by atoms with van der Waals surface area (Å²) in [4.78, 5) is 17.5. The Kier molecular flexibility index (Phi) is 5.00. The predicted octanol–water partition coefficient (Wildman–Crippen LogP) is 2.58. The van der Waals surface area contributed by atoms with Crippen molar-refractivity contribution in [2.24, 2.45) is 5.41 Å². The van der Waals surface area contributed by atoms with Crippen LogP contribution in [0.25, 0.3) is 10.9 Å². The Morgan fingerprint density at radius 2 is 2.09 bits per heavy atom. The van der Waals surface area contributed by atoms with E-state index in [-0.39, 0.29) is 30.4 Å². The molecule has 1 amide bonds. The minimum absolute atomic E-state index is 0.0224. The molecule has 23 heavy (non-hydrogen) atoms. The van der Waals surface area contributed by atoms with Crippen LogP contribution in [0.3, 0.4) is 0 Å². The predicted molar refractivity (Wildman–Crippen MR) is 91.7 cm³/mol. The SMILES string of the molecule is COc1cccc2[nH]cc(CC(=O)N(C)[C@@H](CO)C(C)(C)C)c12. The first kappa shape index (κ1) is 17.3. The normalized spacial score (nSPS) is 13.1. The van der Waals surface area contributed by atoms with Gasteiger partial charge in [-0.2, -0.15) is 0 Å². The standard InChI is InChI=1S/C18H26N2O3/c1-18(2,3)15(11-21)20(4)16(22)9-12-10-19-13-7-6-8-14(23-5)17(12)13/h6-8,10,15,19,21H,9,11H2,1-5H3/t15-/m0/s1. The molecule has 1 aromatic heterocycles. The number of aliphatic hydroxyl groups is 1. The maximum Gasteiger partial charge on any atom is 0.227 e. The number of amides is 1. The first-order chi connectivity index (χ1) is 10.8. The highest BCUT2D eigenvalue weighted by molar-refractivity contribution is 5.93. The first-order valence-electron chi connectivity index (χ1n) is 7.79. The van der Waals surface area contributed by atoms with E-state index in [1.165, 1.54) is 0 Å². The van der Waals surface area contributed by atoms with Gasteiger partial charge in [0.05, 0.1) is 26.2 Å². The summed E-state index contributed by atoms with van der Waals surface area (Å²) in [6, 6.07) is 5.54. The number of nitrogens with zero attached hydrogens (tertiary/aromatic N) is 1. The number of hydrogen-bond donors (Lipinski definition) is 2. The number of ether oxygens (including phenoxy) is 1. The molecule has 0 spiro atoms. The lowest BCUT2D eigenvalue weighted by Crippen LogP contribution is -2.47.